The zero-order chi connectivity index (χ0) is 16.5. The first kappa shape index (κ1) is 16.2. The lowest BCUT2D eigenvalue weighted by Gasteiger charge is -2.09. The number of nitrogens with one attached hydrogen (secondary N) is 1. The van der Waals surface area contributed by atoms with Crippen LogP contribution in [0.4, 0.5) is 26.3 Å². The summed E-state index contributed by atoms with van der Waals surface area (Å²) >= 11 is 4.57. The molecule has 0 bridgehead atoms. The Labute approximate surface area is 124 Å². The van der Waals surface area contributed by atoms with E-state index in [1.807, 2.05) is 5.10 Å². The van der Waals surface area contributed by atoms with Gasteiger partial charge in [-0.1, -0.05) is 18.2 Å². The molecule has 0 saturated heterocycles. The molecular formula is C11H6F6N4S. The number of alkyl halides is 6. The molecule has 0 atom stereocenters. The molecule has 0 aliphatic rings. The summed E-state index contributed by atoms with van der Waals surface area (Å²) in [6, 6.07) is 4.32. The van der Waals surface area contributed by atoms with Crippen LogP contribution < -0.4 is 0 Å². The van der Waals surface area contributed by atoms with Crippen LogP contribution in [0.1, 0.15) is 17.0 Å². The molecule has 2 aromatic rings. The molecule has 1 N–H and O–H groups in total. The van der Waals surface area contributed by atoms with Crippen LogP contribution in [-0.4, -0.2) is 21.1 Å². The minimum atomic E-state index is -4.85. The second kappa shape index (κ2) is 5.55. The number of hydrogen-bond acceptors (Lipinski definition) is 3. The van der Waals surface area contributed by atoms with Crippen LogP contribution in [0.2, 0.25) is 0 Å². The van der Waals surface area contributed by atoms with Crippen molar-refractivity contribution in [2.45, 2.75) is 12.4 Å². The topological polar surface area (TPSA) is 46.0 Å². The number of halogens is 6. The van der Waals surface area contributed by atoms with Crippen LogP contribution in [0.5, 0.6) is 0 Å². The third-order valence-electron chi connectivity index (χ3n) is 2.48. The Balaban J connectivity index is 2.48. The molecule has 0 aliphatic carbocycles. The zero-order valence-electron chi connectivity index (χ0n) is 10.4. The molecule has 0 amide bonds. The third kappa shape index (κ3) is 3.35. The van der Waals surface area contributed by atoms with Crippen molar-refractivity contribution in [1.82, 2.24) is 14.9 Å². The van der Waals surface area contributed by atoms with E-state index in [0.29, 0.717) is 6.21 Å². The number of nitrogens with zero attached hydrogens (tertiary/aromatic N) is 3. The van der Waals surface area contributed by atoms with Gasteiger partial charge in [0.1, 0.15) is 0 Å². The maximum atomic E-state index is 12.8. The molecule has 0 aliphatic heterocycles. The first-order valence-electron chi connectivity index (χ1n) is 5.56. The highest BCUT2D eigenvalue weighted by molar-refractivity contribution is 7.71. The van der Waals surface area contributed by atoms with Crippen LogP contribution >= 0.6 is 12.2 Å². The monoisotopic (exact) mass is 340 g/mol. The van der Waals surface area contributed by atoms with Gasteiger partial charge in [0.2, 0.25) is 4.77 Å². The summed E-state index contributed by atoms with van der Waals surface area (Å²) in [6.45, 7) is 0. The molecule has 1 aromatic carbocycles. The van der Waals surface area contributed by atoms with Crippen LogP contribution in [0, 0.1) is 4.77 Å². The first-order chi connectivity index (χ1) is 10.1. The third-order valence-corrected chi connectivity index (χ3v) is 2.75. The van der Waals surface area contributed by atoms with Gasteiger partial charge in [0, 0.05) is 5.56 Å². The predicted octanol–water partition coefficient (Wildman–Crippen LogP) is 3.86. The van der Waals surface area contributed by atoms with E-state index in [1.54, 1.807) is 0 Å². The van der Waals surface area contributed by atoms with Crippen LogP contribution in [-0.2, 0) is 12.4 Å². The molecule has 0 radical (unpaired) electrons. The Hall–Kier alpha value is -2.17. The van der Waals surface area contributed by atoms with Crippen molar-refractivity contribution < 1.29 is 26.3 Å². The molecule has 0 spiro atoms. The summed E-state index contributed by atoms with van der Waals surface area (Å²) in [5.41, 5.74) is -1.42. The maximum absolute atomic E-state index is 12.8. The van der Waals surface area contributed by atoms with E-state index in [2.05, 4.69) is 22.4 Å². The number of aromatic amines is 1. The van der Waals surface area contributed by atoms with E-state index in [0.717, 1.165) is 18.2 Å². The molecule has 0 saturated carbocycles. The molecule has 1 heterocycles. The van der Waals surface area contributed by atoms with Crippen molar-refractivity contribution in [3.63, 3.8) is 0 Å². The van der Waals surface area contributed by atoms with E-state index in [9.17, 15) is 26.3 Å². The Morgan fingerprint density at radius 1 is 1.09 bits per heavy atom. The number of benzene rings is 1. The molecule has 0 fully saturated rings. The van der Waals surface area contributed by atoms with Crippen LogP contribution in [0.15, 0.2) is 29.4 Å². The largest absolute Gasteiger partial charge is 0.453 e. The average molecular weight is 340 g/mol. The van der Waals surface area contributed by atoms with E-state index in [1.165, 1.54) is 6.07 Å². The molecule has 118 valence electrons. The fourth-order valence-electron chi connectivity index (χ4n) is 1.57. The highest BCUT2D eigenvalue weighted by Crippen LogP contribution is 2.31. The molecule has 22 heavy (non-hydrogen) atoms. The SMILES string of the molecule is FC(F)(F)c1ccccc1/C=N\n1c(C(F)(F)F)n[nH]c1=S. The fourth-order valence-corrected chi connectivity index (χ4v) is 1.75. The maximum Gasteiger partial charge on any atom is 0.453 e. The van der Waals surface area contributed by atoms with Crippen molar-refractivity contribution in [2.75, 3.05) is 0 Å². The Morgan fingerprint density at radius 2 is 1.73 bits per heavy atom. The molecule has 0 unspecified atom stereocenters. The van der Waals surface area contributed by atoms with Gasteiger partial charge < -0.3 is 0 Å². The normalized spacial score (nSPS) is 13.0. The minimum absolute atomic E-state index is 0.211. The first-order valence-corrected chi connectivity index (χ1v) is 5.96. The van der Waals surface area contributed by atoms with Crippen LogP contribution in [0.25, 0.3) is 0 Å². The summed E-state index contributed by atoms with van der Waals surface area (Å²) in [7, 11) is 0. The van der Waals surface area contributed by atoms with Gasteiger partial charge in [-0.05, 0) is 18.3 Å². The molecular weight excluding hydrogens is 334 g/mol. The van der Waals surface area contributed by atoms with E-state index < -0.39 is 34.1 Å². The summed E-state index contributed by atoms with van der Waals surface area (Å²) in [5, 5.41) is 8.19. The van der Waals surface area contributed by atoms with Gasteiger partial charge in [-0.2, -0.15) is 36.1 Å². The molecule has 11 heteroatoms. The van der Waals surface area contributed by atoms with E-state index >= 15 is 0 Å². The van der Waals surface area contributed by atoms with Gasteiger partial charge in [0.25, 0.3) is 5.82 Å². The zero-order valence-corrected chi connectivity index (χ0v) is 11.2. The van der Waals surface area contributed by atoms with Crippen LogP contribution in [0.3, 0.4) is 0 Å². The number of H-pyrrole nitrogens is 1. The summed E-state index contributed by atoms with van der Waals surface area (Å²) in [6.07, 6.45) is -8.87. The molecule has 4 nitrogen and oxygen atoms in total. The van der Waals surface area contributed by atoms with Crippen molar-refractivity contribution in [1.29, 1.82) is 0 Å². The summed E-state index contributed by atoms with van der Waals surface area (Å²) in [5.74, 6) is -1.46. The van der Waals surface area contributed by atoms with Gasteiger partial charge in [-0.3, -0.25) is 0 Å². The smallest absolute Gasteiger partial charge is 0.250 e. The van der Waals surface area contributed by atoms with Crippen molar-refractivity contribution >= 4 is 18.4 Å². The van der Waals surface area contributed by atoms with Crippen molar-refractivity contribution in [3.8, 4) is 0 Å². The lowest BCUT2D eigenvalue weighted by molar-refractivity contribution is -0.147. The Bertz CT molecular complexity index is 755. The van der Waals surface area contributed by atoms with Gasteiger partial charge in [-0.15, -0.1) is 5.10 Å². The molecule has 1 aromatic heterocycles. The number of rotatable bonds is 2. The fraction of sp³-hybridized carbons (Fsp3) is 0.182. The highest BCUT2D eigenvalue weighted by atomic mass is 32.1. The van der Waals surface area contributed by atoms with Gasteiger partial charge in [-0.25, -0.2) is 5.10 Å². The van der Waals surface area contributed by atoms with Crippen molar-refractivity contribution in [2.24, 2.45) is 5.10 Å². The van der Waals surface area contributed by atoms with E-state index in [-0.39, 0.29) is 4.68 Å². The minimum Gasteiger partial charge on any atom is -0.250 e. The highest BCUT2D eigenvalue weighted by Gasteiger charge is 2.38. The standard InChI is InChI=1S/C11H6F6N4S/c12-10(13,14)7-4-2-1-3-6(7)5-18-21-8(11(15,16)17)19-20-9(21)22/h1-5H,(H,20,22)/b18-5-. The summed E-state index contributed by atoms with van der Waals surface area (Å²) in [4.78, 5) is 0. The number of hydrogen-bond donors (Lipinski definition) is 1. The Morgan fingerprint density at radius 3 is 2.32 bits per heavy atom. The quantitative estimate of drug-likeness (QED) is 0.513. The van der Waals surface area contributed by atoms with Crippen molar-refractivity contribution in [3.05, 3.63) is 46.0 Å². The number of aromatic nitrogens is 3. The van der Waals surface area contributed by atoms with Gasteiger partial charge >= 0.3 is 12.4 Å². The second-order valence-corrected chi connectivity index (χ2v) is 4.38. The summed E-state index contributed by atoms with van der Waals surface area (Å²) < 4.78 is 76.0. The Kier molecular flexibility index (Phi) is 4.09. The lowest BCUT2D eigenvalue weighted by Crippen LogP contribution is -2.13. The lowest BCUT2D eigenvalue weighted by atomic mass is 10.1. The predicted molar refractivity (Wildman–Crippen MR) is 66.8 cm³/mol. The van der Waals surface area contributed by atoms with E-state index in [4.69, 9.17) is 0 Å². The molecule has 2 rings (SSSR count). The second-order valence-electron chi connectivity index (χ2n) is 3.99. The van der Waals surface area contributed by atoms with Gasteiger partial charge in [0.05, 0.1) is 11.8 Å². The van der Waals surface area contributed by atoms with Gasteiger partial charge in [0.15, 0.2) is 0 Å². The average Bonchev–Trinajstić information content (AvgIpc) is 2.77.